The van der Waals surface area contributed by atoms with Gasteiger partial charge in [0.1, 0.15) is 5.82 Å². The number of nitrogens with one attached hydrogen (secondary N) is 1. The van der Waals surface area contributed by atoms with Crippen LogP contribution >= 0.6 is 15.9 Å². The second kappa shape index (κ2) is 9.52. The van der Waals surface area contributed by atoms with Crippen LogP contribution in [0.1, 0.15) is 31.7 Å². The smallest absolute Gasteiger partial charge is 0.243 e. The van der Waals surface area contributed by atoms with E-state index in [0.29, 0.717) is 36.8 Å². The van der Waals surface area contributed by atoms with Gasteiger partial charge in [0.25, 0.3) is 0 Å². The first kappa shape index (κ1) is 23.8. The zero-order chi connectivity index (χ0) is 23.8. The number of nitrogens with zero attached hydrogens (tertiary/aromatic N) is 2. The van der Waals surface area contributed by atoms with Gasteiger partial charge in [-0.3, -0.25) is 9.59 Å². The maximum absolute atomic E-state index is 14.1. The molecule has 0 aliphatic carbocycles. The Morgan fingerprint density at radius 1 is 1.12 bits per heavy atom. The first-order valence-electron chi connectivity index (χ1n) is 10.8. The third kappa shape index (κ3) is 4.97. The number of hydrogen-bond donors (Lipinski definition) is 1. The summed E-state index contributed by atoms with van der Waals surface area (Å²) < 4.78 is 42.7. The molecule has 33 heavy (non-hydrogen) atoms. The fraction of sp³-hybridized carbons (Fsp3) is 0.391. The van der Waals surface area contributed by atoms with Crippen LogP contribution in [0.15, 0.2) is 45.8 Å². The fourth-order valence-electron chi connectivity index (χ4n) is 4.41. The zero-order valence-electron chi connectivity index (χ0n) is 18.2. The molecule has 2 aromatic carbocycles. The van der Waals surface area contributed by atoms with Gasteiger partial charge in [-0.1, -0.05) is 15.9 Å². The van der Waals surface area contributed by atoms with Crippen molar-refractivity contribution < 1.29 is 22.4 Å². The maximum atomic E-state index is 14.1. The molecule has 10 heteroatoms. The van der Waals surface area contributed by atoms with Crippen molar-refractivity contribution in [3.8, 4) is 0 Å². The molecule has 0 spiro atoms. The molecule has 7 nitrogen and oxygen atoms in total. The predicted octanol–water partition coefficient (Wildman–Crippen LogP) is 3.93. The van der Waals surface area contributed by atoms with E-state index in [4.69, 9.17) is 0 Å². The Balaban J connectivity index is 1.51. The third-order valence-corrected chi connectivity index (χ3v) is 8.49. The molecule has 0 aromatic heterocycles. The van der Waals surface area contributed by atoms with E-state index in [1.807, 2.05) is 0 Å². The van der Waals surface area contributed by atoms with E-state index < -0.39 is 27.7 Å². The van der Waals surface area contributed by atoms with Crippen LogP contribution in [0.25, 0.3) is 0 Å². The van der Waals surface area contributed by atoms with Gasteiger partial charge in [-0.2, -0.15) is 4.31 Å². The minimum atomic E-state index is -3.82. The highest BCUT2D eigenvalue weighted by molar-refractivity contribution is 9.10. The molecule has 1 fully saturated rings. The number of fused-ring (bicyclic) bond motifs is 1. The number of benzene rings is 2. The summed E-state index contributed by atoms with van der Waals surface area (Å²) in [6.07, 6.45) is 2.53. The highest BCUT2D eigenvalue weighted by Crippen LogP contribution is 2.32. The van der Waals surface area contributed by atoms with Crippen molar-refractivity contribution >= 4 is 49.1 Å². The number of carbonyl (C=O) groups is 2. The zero-order valence-corrected chi connectivity index (χ0v) is 20.6. The molecule has 0 unspecified atom stereocenters. The average Bonchev–Trinajstić information content (AvgIpc) is 2.80. The summed E-state index contributed by atoms with van der Waals surface area (Å²) >= 11 is 3.18. The van der Waals surface area contributed by atoms with Crippen LogP contribution in [0.2, 0.25) is 0 Å². The van der Waals surface area contributed by atoms with Crippen molar-refractivity contribution in [1.82, 2.24) is 4.31 Å². The van der Waals surface area contributed by atoms with Crippen LogP contribution in [0.5, 0.6) is 0 Å². The van der Waals surface area contributed by atoms with Crippen molar-refractivity contribution in [2.24, 2.45) is 5.92 Å². The standard InChI is InChI=1S/C23H25BrFN3O4S/c1-15(29)28-11-3-4-16-12-19(7-9-22(16)28)33(31,32)27-10-2-5-17(14-27)23(30)26-21-8-6-18(24)13-20(21)25/h6-9,12-13,17H,2-5,10-11,14H2,1H3,(H,26,30)/t17-/m1/s1. The van der Waals surface area contributed by atoms with Gasteiger partial charge in [-0.25, -0.2) is 12.8 Å². The molecule has 1 N–H and O–H groups in total. The number of carbonyl (C=O) groups excluding carboxylic acids is 2. The molecule has 2 aliphatic heterocycles. The van der Waals surface area contributed by atoms with Gasteiger partial charge in [0.15, 0.2) is 0 Å². The molecule has 2 aromatic rings. The lowest BCUT2D eigenvalue weighted by Crippen LogP contribution is -2.43. The summed E-state index contributed by atoms with van der Waals surface area (Å²) in [6.45, 7) is 2.47. The van der Waals surface area contributed by atoms with Crippen LogP contribution in [0.3, 0.4) is 0 Å². The number of halogens is 2. The molecule has 2 amide bonds. The van der Waals surface area contributed by atoms with E-state index in [-0.39, 0.29) is 23.0 Å². The average molecular weight is 538 g/mol. The van der Waals surface area contributed by atoms with Crippen LogP contribution in [-0.2, 0) is 26.0 Å². The Morgan fingerprint density at radius 2 is 1.91 bits per heavy atom. The van der Waals surface area contributed by atoms with E-state index in [2.05, 4.69) is 21.2 Å². The number of rotatable bonds is 4. The molecule has 2 heterocycles. The minimum Gasteiger partial charge on any atom is -0.323 e. The predicted molar refractivity (Wildman–Crippen MR) is 127 cm³/mol. The largest absolute Gasteiger partial charge is 0.323 e. The number of piperidine rings is 1. The Hall–Kier alpha value is -2.30. The number of sulfonamides is 1. The van der Waals surface area contributed by atoms with Crippen molar-refractivity contribution in [2.75, 3.05) is 29.9 Å². The molecule has 0 bridgehead atoms. The Bertz CT molecular complexity index is 1200. The summed E-state index contributed by atoms with van der Waals surface area (Å²) in [5.74, 6) is -1.62. The van der Waals surface area contributed by atoms with Crippen LogP contribution in [0, 0.1) is 11.7 Å². The number of anilines is 2. The van der Waals surface area contributed by atoms with Gasteiger partial charge < -0.3 is 10.2 Å². The van der Waals surface area contributed by atoms with E-state index in [9.17, 15) is 22.4 Å². The highest BCUT2D eigenvalue weighted by atomic mass is 79.9. The van der Waals surface area contributed by atoms with Gasteiger partial charge in [-0.15, -0.1) is 0 Å². The molecule has 4 rings (SSSR count). The Kier molecular flexibility index (Phi) is 6.88. The molecular formula is C23H25BrFN3O4S. The van der Waals surface area contributed by atoms with Gasteiger partial charge in [0, 0.05) is 36.7 Å². The monoisotopic (exact) mass is 537 g/mol. The van der Waals surface area contributed by atoms with Gasteiger partial charge in [-0.05, 0) is 67.6 Å². The third-order valence-electron chi connectivity index (χ3n) is 6.13. The molecule has 1 atom stereocenters. The quantitative estimate of drug-likeness (QED) is 0.640. The lowest BCUT2D eigenvalue weighted by atomic mass is 9.98. The second-order valence-electron chi connectivity index (χ2n) is 8.38. The number of amides is 2. The Morgan fingerprint density at radius 3 is 2.64 bits per heavy atom. The second-order valence-corrected chi connectivity index (χ2v) is 11.2. The molecular weight excluding hydrogens is 513 g/mol. The lowest BCUT2D eigenvalue weighted by Gasteiger charge is -2.32. The molecule has 0 saturated carbocycles. The highest BCUT2D eigenvalue weighted by Gasteiger charge is 2.34. The SMILES string of the molecule is CC(=O)N1CCCc2cc(S(=O)(=O)N3CCC[C@@H](C(=O)Nc4ccc(Br)cc4F)C3)ccc21. The van der Waals surface area contributed by atoms with E-state index in [1.54, 1.807) is 23.1 Å². The fourth-order valence-corrected chi connectivity index (χ4v) is 6.32. The van der Waals surface area contributed by atoms with Crippen molar-refractivity contribution in [1.29, 1.82) is 0 Å². The molecule has 1 saturated heterocycles. The normalized spacial score (nSPS) is 19.1. The van der Waals surface area contributed by atoms with Gasteiger partial charge in [0.2, 0.25) is 21.8 Å². The molecule has 0 radical (unpaired) electrons. The van der Waals surface area contributed by atoms with E-state index in [0.717, 1.165) is 17.7 Å². The van der Waals surface area contributed by atoms with Crippen LogP contribution < -0.4 is 10.2 Å². The minimum absolute atomic E-state index is 0.0307. The first-order chi connectivity index (χ1) is 15.7. The first-order valence-corrected chi connectivity index (χ1v) is 13.1. The topological polar surface area (TPSA) is 86.8 Å². The summed E-state index contributed by atoms with van der Waals surface area (Å²) in [5.41, 5.74) is 1.64. The summed E-state index contributed by atoms with van der Waals surface area (Å²) in [5, 5.41) is 2.58. The van der Waals surface area contributed by atoms with E-state index in [1.165, 1.54) is 29.4 Å². The Labute approximate surface area is 201 Å². The van der Waals surface area contributed by atoms with E-state index >= 15 is 0 Å². The van der Waals surface area contributed by atoms with Crippen LogP contribution in [0.4, 0.5) is 15.8 Å². The number of hydrogen-bond acceptors (Lipinski definition) is 4. The number of aryl methyl sites for hydroxylation is 1. The van der Waals surface area contributed by atoms with Gasteiger partial charge in [0.05, 0.1) is 16.5 Å². The lowest BCUT2D eigenvalue weighted by molar-refractivity contribution is -0.121. The van der Waals surface area contributed by atoms with Crippen molar-refractivity contribution in [3.05, 3.63) is 52.3 Å². The van der Waals surface area contributed by atoms with Crippen molar-refractivity contribution in [3.63, 3.8) is 0 Å². The summed E-state index contributed by atoms with van der Waals surface area (Å²) in [6, 6.07) is 9.20. The van der Waals surface area contributed by atoms with Crippen molar-refractivity contribution in [2.45, 2.75) is 37.5 Å². The van der Waals surface area contributed by atoms with Gasteiger partial charge >= 0.3 is 0 Å². The summed E-state index contributed by atoms with van der Waals surface area (Å²) in [7, 11) is -3.82. The molecule has 2 aliphatic rings. The summed E-state index contributed by atoms with van der Waals surface area (Å²) in [4.78, 5) is 26.5. The van der Waals surface area contributed by atoms with Crippen LogP contribution in [-0.4, -0.2) is 44.2 Å². The molecule has 176 valence electrons. The maximum Gasteiger partial charge on any atom is 0.243 e.